The summed E-state index contributed by atoms with van der Waals surface area (Å²) in [7, 11) is 0. The first kappa shape index (κ1) is 14.2. The Morgan fingerprint density at radius 1 is 1.00 bits per heavy atom. The molecule has 0 heterocycles. The van der Waals surface area contributed by atoms with E-state index in [-0.39, 0.29) is 12.3 Å². The minimum atomic E-state index is -0.118. The molecule has 0 saturated carbocycles. The van der Waals surface area contributed by atoms with Gasteiger partial charge in [0.25, 0.3) is 0 Å². The summed E-state index contributed by atoms with van der Waals surface area (Å²) in [5.41, 5.74) is 2.74. The van der Waals surface area contributed by atoms with Gasteiger partial charge in [-0.05, 0) is 30.7 Å². The van der Waals surface area contributed by atoms with Crippen molar-refractivity contribution in [3.8, 4) is 0 Å². The van der Waals surface area contributed by atoms with Gasteiger partial charge in [-0.25, -0.2) is 0 Å². The van der Waals surface area contributed by atoms with Crippen LogP contribution >= 0.6 is 12.2 Å². The number of carbonyl (C=O) groups excluding carboxylic acids is 1. The van der Waals surface area contributed by atoms with Crippen LogP contribution in [0, 0.1) is 6.92 Å². The molecule has 4 heteroatoms. The molecule has 0 fully saturated rings. The number of amides is 1. The molecule has 2 rings (SSSR count). The Morgan fingerprint density at radius 2 is 1.65 bits per heavy atom. The molecule has 3 nitrogen and oxygen atoms in total. The van der Waals surface area contributed by atoms with E-state index >= 15 is 0 Å². The maximum Gasteiger partial charge on any atom is 0.231 e. The SMILES string of the molecule is Cc1ccccc1NC(=O)CC(=S)Nc1ccccc1. The van der Waals surface area contributed by atoms with Crippen LogP contribution in [0.25, 0.3) is 0 Å². The quantitative estimate of drug-likeness (QED) is 0.840. The molecule has 2 aromatic rings. The van der Waals surface area contributed by atoms with E-state index in [4.69, 9.17) is 12.2 Å². The molecule has 0 aliphatic rings. The van der Waals surface area contributed by atoms with Gasteiger partial charge in [-0.2, -0.15) is 0 Å². The van der Waals surface area contributed by atoms with Crippen molar-refractivity contribution in [2.75, 3.05) is 10.6 Å². The van der Waals surface area contributed by atoms with Gasteiger partial charge in [-0.1, -0.05) is 48.6 Å². The van der Waals surface area contributed by atoms with Gasteiger partial charge >= 0.3 is 0 Å². The highest BCUT2D eigenvalue weighted by molar-refractivity contribution is 7.80. The van der Waals surface area contributed by atoms with Crippen molar-refractivity contribution in [1.82, 2.24) is 0 Å². The van der Waals surface area contributed by atoms with Crippen LogP contribution in [0.5, 0.6) is 0 Å². The summed E-state index contributed by atoms with van der Waals surface area (Å²) < 4.78 is 0. The number of para-hydroxylation sites is 2. The molecule has 0 saturated heterocycles. The Morgan fingerprint density at radius 3 is 2.35 bits per heavy atom. The van der Waals surface area contributed by atoms with Gasteiger partial charge in [0.1, 0.15) is 0 Å². The fourth-order valence-electron chi connectivity index (χ4n) is 1.78. The zero-order valence-corrected chi connectivity index (χ0v) is 12.0. The lowest BCUT2D eigenvalue weighted by molar-refractivity contribution is -0.115. The molecule has 0 atom stereocenters. The van der Waals surface area contributed by atoms with Crippen LogP contribution in [0.3, 0.4) is 0 Å². The number of hydrogen-bond acceptors (Lipinski definition) is 2. The van der Waals surface area contributed by atoms with Gasteiger partial charge in [0.15, 0.2) is 0 Å². The van der Waals surface area contributed by atoms with E-state index in [1.54, 1.807) is 0 Å². The van der Waals surface area contributed by atoms with Crippen molar-refractivity contribution in [3.05, 3.63) is 60.2 Å². The van der Waals surface area contributed by atoms with Gasteiger partial charge in [-0.3, -0.25) is 4.79 Å². The van der Waals surface area contributed by atoms with E-state index in [0.29, 0.717) is 4.99 Å². The first-order valence-electron chi connectivity index (χ1n) is 6.35. The third-order valence-electron chi connectivity index (χ3n) is 2.80. The van der Waals surface area contributed by atoms with E-state index in [1.165, 1.54) is 0 Å². The van der Waals surface area contributed by atoms with Gasteiger partial charge < -0.3 is 10.6 Å². The van der Waals surface area contributed by atoms with Gasteiger partial charge in [0, 0.05) is 11.4 Å². The minimum absolute atomic E-state index is 0.118. The maximum atomic E-state index is 11.9. The van der Waals surface area contributed by atoms with Crippen molar-refractivity contribution in [3.63, 3.8) is 0 Å². The van der Waals surface area contributed by atoms with Crippen molar-refractivity contribution in [1.29, 1.82) is 0 Å². The number of thiocarbonyl (C=S) groups is 1. The fraction of sp³-hybridized carbons (Fsp3) is 0.125. The molecule has 1 amide bonds. The molecular weight excluding hydrogens is 268 g/mol. The Labute approximate surface area is 124 Å². The summed E-state index contributed by atoms with van der Waals surface area (Å²) in [5.74, 6) is -0.118. The van der Waals surface area contributed by atoms with Gasteiger partial charge in [0.2, 0.25) is 5.91 Å². The lowest BCUT2D eigenvalue weighted by Gasteiger charge is -2.10. The molecule has 0 aliphatic heterocycles. The zero-order valence-electron chi connectivity index (χ0n) is 11.2. The molecule has 0 unspecified atom stereocenters. The lowest BCUT2D eigenvalue weighted by Crippen LogP contribution is -2.20. The summed E-state index contributed by atoms with van der Waals surface area (Å²) in [6.07, 6.45) is 0.165. The number of hydrogen-bond donors (Lipinski definition) is 2. The Balaban J connectivity index is 1.89. The van der Waals surface area contributed by atoms with Gasteiger partial charge in [0.05, 0.1) is 11.4 Å². The molecule has 0 aromatic heterocycles. The van der Waals surface area contributed by atoms with Crippen molar-refractivity contribution in [2.24, 2.45) is 0 Å². The second-order valence-corrected chi connectivity index (χ2v) is 4.95. The fourth-order valence-corrected chi connectivity index (χ4v) is 2.03. The zero-order chi connectivity index (χ0) is 14.4. The Bertz CT molecular complexity index is 611. The number of aryl methyl sites for hydroxylation is 1. The van der Waals surface area contributed by atoms with Crippen LogP contribution in [-0.4, -0.2) is 10.9 Å². The van der Waals surface area contributed by atoms with Crippen LogP contribution in [0.1, 0.15) is 12.0 Å². The predicted molar refractivity (Wildman–Crippen MR) is 87.1 cm³/mol. The monoisotopic (exact) mass is 284 g/mol. The van der Waals surface area contributed by atoms with Crippen LogP contribution in [0.15, 0.2) is 54.6 Å². The summed E-state index contributed by atoms with van der Waals surface area (Å²) in [6, 6.07) is 17.2. The number of rotatable bonds is 4. The summed E-state index contributed by atoms with van der Waals surface area (Å²) >= 11 is 5.19. The second kappa shape index (κ2) is 6.82. The summed E-state index contributed by atoms with van der Waals surface area (Å²) in [5, 5.41) is 5.90. The normalized spacial score (nSPS) is 9.85. The first-order valence-corrected chi connectivity index (χ1v) is 6.76. The smallest absolute Gasteiger partial charge is 0.231 e. The van der Waals surface area contributed by atoms with Crippen molar-refractivity contribution in [2.45, 2.75) is 13.3 Å². The number of anilines is 2. The topological polar surface area (TPSA) is 41.1 Å². The average Bonchev–Trinajstić information content (AvgIpc) is 2.42. The first-order chi connectivity index (χ1) is 9.65. The van der Waals surface area contributed by atoms with Crippen LogP contribution < -0.4 is 10.6 Å². The Hall–Kier alpha value is -2.20. The van der Waals surface area contributed by atoms with Crippen LogP contribution in [-0.2, 0) is 4.79 Å². The maximum absolute atomic E-state index is 11.9. The molecule has 2 N–H and O–H groups in total. The summed E-state index contributed by atoms with van der Waals surface area (Å²) in [6.45, 7) is 1.95. The average molecular weight is 284 g/mol. The van der Waals surface area contributed by atoms with E-state index in [0.717, 1.165) is 16.9 Å². The molecule has 20 heavy (non-hydrogen) atoms. The van der Waals surface area contributed by atoms with Crippen LogP contribution in [0.2, 0.25) is 0 Å². The predicted octanol–water partition coefficient (Wildman–Crippen LogP) is 3.76. The highest BCUT2D eigenvalue weighted by atomic mass is 32.1. The largest absolute Gasteiger partial charge is 0.350 e. The molecule has 0 bridgehead atoms. The lowest BCUT2D eigenvalue weighted by atomic mass is 10.2. The minimum Gasteiger partial charge on any atom is -0.350 e. The van der Waals surface area contributed by atoms with E-state index in [9.17, 15) is 4.79 Å². The third kappa shape index (κ3) is 4.17. The molecule has 2 aromatic carbocycles. The molecule has 0 radical (unpaired) electrons. The van der Waals surface area contributed by atoms with E-state index in [1.807, 2.05) is 61.5 Å². The number of nitrogens with one attached hydrogen (secondary N) is 2. The van der Waals surface area contributed by atoms with Crippen LogP contribution in [0.4, 0.5) is 11.4 Å². The molecular formula is C16H16N2OS. The van der Waals surface area contributed by atoms with Gasteiger partial charge in [-0.15, -0.1) is 0 Å². The second-order valence-electron chi connectivity index (χ2n) is 4.45. The number of carbonyl (C=O) groups is 1. The Kier molecular flexibility index (Phi) is 4.85. The standard InChI is InChI=1S/C16H16N2OS/c1-12-7-5-6-10-14(12)18-15(19)11-16(20)17-13-8-3-2-4-9-13/h2-10H,11H2,1H3,(H,17,20)(H,18,19). The van der Waals surface area contributed by atoms with Crippen molar-refractivity contribution >= 4 is 34.5 Å². The molecule has 0 spiro atoms. The van der Waals surface area contributed by atoms with E-state index < -0.39 is 0 Å². The highest BCUT2D eigenvalue weighted by Crippen LogP contribution is 2.13. The molecule has 102 valence electrons. The summed E-state index contributed by atoms with van der Waals surface area (Å²) in [4.78, 5) is 12.4. The number of benzene rings is 2. The third-order valence-corrected chi connectivity index (χ3v) is 3.04. The van der Waals surface area contributed by atoms with E-state index in [2.05, 4.69) is 10.6 Å². The highest BCUT2D eigenvalue weighted by Gasteiger charge is 2.07. The molecule has 0 aliphatic carbocycles. The van der Waals surface area contributed by atoms with Crippen molar-refractivity contribution < 1.29 is 4.79 Å².